The second kappa shape index (κ2) is 11.4. The van der Waals surface area contributed by atoms with Crippen LogP contribution in [0.1, 0.15) is 86.6 Å². The predicted molar refractivity (Wildman–Crippen MR) is 159 cm³/mol. The molecule has 232 valence electrons. The van der Waals surface area contributed by atoms with Gasteiger partial charge in [0.15, 0.2) is 11.5 Å². The van der Waals surface area contributed by atoms with Crippen molar-refractivity contribution >= 4 is 28.5 Å². The van der Waals surface area contributed by atoms with Crippen LogP contribution >= 0.6 is 0 Å². The first-order valence-electron chi connectivity index (χ1n) is 15.2. The van der Waals surface area contributed by atoms with E-state index >= 15 is 0 Å². The van der Waals surface area contributed by atoms with E-state index in [1.54, 1.807) is 15.6 Å². The van der Waals surface area contributed by atoms with Crippen molar-refractivity contribution in [3.8, 4) is 6.07 Å². The highest BCUT2D eigenvalue weighted by molar-refractivity contribution is 5.97. The third-order valence-corrected chi connectivity index (χ3v) is 8.45. The number of nitrogens with zero attached hydrogens (tertiary/aromatic N) is 5. The molecule has 10 nitrogen and oxygen atoms in total. The maximum absolute atomic E-state index is 13.6. The molecule has 1 aromatic carbocycles. The fraction of sp³-hybridized carbons (Fsp3) is 0.531. The molecule has 3 aliphatic rings. The summed E-state index contributed by atoms with van der Waals surface area (Å²) < 4.78 is 33.4. The number of hydrogen-bond donors (Lipinski definition) is 2. The highest BCUT2D eigenvalue weighted by Gasteiger charge is 2.46. The van der Waals surface area contributed by atoms with Crippen LogP contribution < -0.4 is 10.6 Å². The Bertz CT molecular complexity index is 1650. The molecule has 1 aliphatic heterocycles. The number of alkyl halides is 2. The summed E-state index contributed by atoms with van der Waals surface area (Å²) in [6, 6.07) is 8.69. The Labute approximate surface area is 254 Å². The zero-order chi connectivity index (χ0) is 31.2. The second-order valence-corrected chi connectivity index (χ2v) is 13.2. The Morgan fingerprint density at radius 3 is 2.61 bits per heavy atom. The van der Waals surface area contributed by atoms with Gasteiger partial charge in [-0.1, -0.05) is 32.9 Å². The molecule has 2 aromatic heterocycles. The lowest BCUT2D eigenvalue weighted by atomic mass is 9.92. The van der Waals surface area contributed by atoms with Crippen LogP contribution in [0, 0.1) is 11.3 Å². The van der Waals surface area contributed by atoms with E-state index < -0.39 is 29.8 Å². The SMILES string of the molecule is CC(C)(C)c1cc(C(=O)NC(Cc2nc3ccc(C4=CCN(CC(F)F)CC4)cc3o2)C(=O)NC2(C#N)CC2)n(C2CC2)n1. The first-order valence-corrected chi connectivity index (χ1v) is 15.2. The van der Waals surface area contributed by atoms with Crippen LogP contribution in [-0.2, 0) is 16.6 Å². The van der Waals surface area contributed by atoms with Gasteiger partial charge in [-0.25, -0.2) is 13.8 Å². The largest absolute Gasteiger partial charge is 0.441 e. The number of halogens is 2. The van der Waals surface area contributed by atoms with Crippen molar-refractivity contribution in [3.05, 3.63) is 53.2 Å². The zero-order valence-electron chi connectivity index (χ0n) is 25.2. The molecule has 3 aromatic rings. The van der Waals surface area contributed by atoms with Gasteiger partial charge in [0.05, 0.1) is 30.8 Å². The van der Waals surface area contributed by atoms with Crippen molar-refractivity contribution in [1.82, 2.24) is 30.3 Å². The average molecular weight is 606 g/mol. The Morgan fingerprint density at radius 1 is 1.23 bits per heavy atom. The summed E-state index contributed by atoms with van der Waals surface area (Å²) in [5.41, 5.74) is 3.11. The molecule has 2 N–H and O–H groups in total. The molecule has 1 atom stereocenters. The standard InChI is InChI=1S/C32H37F2N7O3/c1-31(2,3)26-16-24(41(39-26)21-5-6-21)30(43)37-23(29(42)38-32(18-35)10-11-32)15-28-36-22-7-4-20(14-25(22)44-28)19-8-12-40(13-9-19)17-27(33)34/h4,7-8,14,16,21,23,27H,5-6,9-13,15,17H2,1-3H3,(H,37,43)(H,38,42). The van der Waals surface area contributed by atoms with Crippen molar-refractivity contribution in [3.63, 3.8) is 0 Å². The topological polar surface area (TPSA) is 129 Å². The normalized spacial score (nSPS) is 19.0. The third kappa shape index (κ3) is 6.53. The Hall–Kier alpha value is -4.11. The van der Waals surface area contributed by atoms with E-state index in [0.717, 1.165) is 29.7 Å². The molecule has 44 heavy (non-hydrogen) atoms. The monoisotopic (exact) mass is 605 g/mol. The van der Waals surface area contributed by atoms with Gasteiger partial charge in [-0.2, -0.15) is 10.4 Å². The van der Waals surface area contributed by atoms with Crippen LogP contribution in [0.3, 0.4) is 0 Å². The van der Waals surface area contributed by atoms with E-state index in [9.17, 15) is 23.6 Å². The Balaban J connectivity index is 1.23. The molecule has 2 amide bonds. The van der Waals surface area contributed by atoms with Crippen molar-refractivity contribution in [2.24, 2.45) is 0 Å². The number of hydrogen-bond acceptors (Lipinski definition) is 7. The minimum Gasteiger partial charge on any atom is -0.441 e. The zero-order valence-corrected chi connectivity index (χ0v) is 25.2. The van der Waals surface area contributed by atoms with Crippen molar-refractivity contribution in [2.75, 3.05) is 19.6 Å². The first kappa shape index (κ1) is 29.9. The van der Waals surface area contributed by atoms with Gasteiger partial charge >= 0.3 is 0 Å². The maximum atomic E-state index is 13.6. The molecule has 1 unspecified atom stereocenters. The molecule has 6 rings (SSSR count). The fourth-order valence-corrected chi connectivity index (χ4v) is 5.45. The summed E-state index contributed by atoms with van der Waals surface area (Å²) in [6.07, 6.45) is 3.22. The number of amides is 2. The van der Waals surface area contributed by atoms with E-state index in [0.29, 0.717) is 49.1 Å². The van der Waals surface area contributed by atoms with Crippen LogP contribution in [0.15, 0.2) is 34.8 Å². The van der Waals surface area contributed by atoms with Crippen LogP contribution in [0.5, 0.6) is 0 Å². The van der Waals surface area contributed by atoms with E-state index in [4.69, 9.17) is 9.52 Å². The molecular formula is C32H37F2N7O3. The average Bonchev–Trinajstić information content (AvgIpc) is 3.88. The highest BCUT2D eigenvalue weighted by atomic mass is 19.3. The van der Waals surface area contributed by atoms with Crippen molar-refractivity contribution in [1.29, 1.82) is 5.26 Å². The van der Waals surface area contributed by atoms with E-state index in [1.807, 2.05) is 45.0 Å². The number of fused-ring (bicyclic) bond motifs is 1. The van der Waals surface area contributed by atoms with E-state index in [1.165, 1.54) is 0 Å². The molecule has 0 bridgehead atoms. The fourth-order valence-electron chi connectivity index (χ4n) is 5.45. The number of carbonyl (C=O) groups excluding carboxylic acids is 2. The lowest BCUT2D eigenvalue weighted by molar-refractivity contribution is -0.123. The first-order chi connectivity index (χ1) is 20.9. The van der Waals surface area contributed by atoms with Gasteiger partial charge < -0.3 is 15.1 Å². The summed E-state index contributed by atoms with van der Waals surface area (Å²) in [5, 5.41) is 20.0. The molecule has 2 fully saturated rings. The number of nitriles is 1. The summed E-state index contributed by atoms with van der Waals surface area (Å²) in [7, 11) is 0. The van der Waals surface area contributed by atoms with Crippen molar-refractivity contribution in [2.45, 2.75) is 88.8 Å². The number of carbonyl (C=O) groups is 2. The predicted octanol–water partition coefficient (Wildman–Crippen LogP) is 4.52. The van der Waals surface area contributed by atoms with Crippen LogP contribution in [-0.4, -0.2) is 69.1 Å². The van der Waals surface area contributed by atoms with E-state index in [2.05, 4.69) is 21.7 Å². The molecule has 2 saturated carbocycles. The molecule has 2 aliphatic carbocycles. The quantitative estimate of drug-likeness (QED) is 0.348. The summed E-state index contributed by atoms with van der Waals surface area (Å²) in [4.78, 5) is 33.4. The van der Waals surface area contributed by atoms with Gasteiger partial charge in [0, 0.05) is 18.5 Å². The molecule has 0 saturated heterocycles. The highest BCUT2D eigenvalue weighted by Crippen LogP contribution is 2.37. The number of nitrogens with one attached hydrogen (secondary N) is 2. The smallest absolute Gasteiger partial charge is 0.270 e. The van der Waals surface area contributed by atoms with Crippen LogP contribution in [0.2, 0.25) is 0 Å². The summed E-state index contributed by atoms with van der Waals surface area (Å²) in [6.45, 7) is 6.87. The minimum atomic E-state index is -2.36. The van der Waals surface area contributed by atoms with Gasteiger partial charge in [-0.3, -0.25) is 19.2 Å². The molecule has 0 radical (unpaired) electrons. The number of rotatable bonds is 10. The Morgan fingerprint density at radius 2 is 2.00 bits per heavy atom. The van der Waals surface area contributed by atoms with Gasteiger partial charge in [0.25, 0.3) is 12.3 Å². The lowest BCUT2D eigenvalue weighted by Gasteiger charge is -2.25. The maximum Gasteiger partial charge on any atom is 0.270 e. The van der Waals surface area contributed by atoms with Gasteiger partial charge in [0.2, 0.25) is 5.91 Å². The number of aromatic nitrogens is 3. The van der Waals surface area contributed by atoms with E-state index in [-0.39, 0.29) is 30.3 Å². The molecular weight excluding hydrogens is 568 g/mol. The number of oxazole rings is 1. The Kier molecular flexibility index (Phi) is 7.78. The third-order valence-electron chi connectivity index (χ3n) is 8.45. The van der Waals surface area contributed by atoms with Gasteiger partial charge in [0.1, 0.15) is 22.8 Å². The minimum absolute atomic E-state index is 0.0158. The van der Waals surface area contributed by atoms with Crippen LogP contribution in [0.25, 0.3) is 16.7 Å². The molecule has 0 spiro atoms. The van der Waals surface area contributed by atoms with Gasteiger partial charge in [-0.05, 0) is 61.4 Å². The van der Waals surface area contributed by atoms with Crippen LogP contribution in [0.4, 0.5) is 8.78 Å². The number of benzene rings is 1. The molecule has 12 heteroatoms. The molecule has 3 heterocycles. The summed E-state index contributed by atoms with van der Waals surface area (Å²) in [5.74, 6) is -0.633. The van der Waals surface area contributed by atoms with Gasteiger partial charge in [-0.15, -0.1) is 0 Å². The second-order valence-electron chi connectivity index (χ2n) is 13.2. The lowest BCUT2D eigenvalue weighted by Crippen LogP contribution is -2.51. The van der Waals surface area contributed by atoms with Crippen molar-refractivity contribution < 1.29 is 22.8 Å². The summed E-state index contributed by atoms with van der Waals surface area (Å²) >= 11 is 0.